The third-order valence-corrected chi connectivity index (χ3v) is 5.68. The van der Waals surface area contributed by atoms with Gasteiger partial charge in [-0.1, -0.05) is 30.0 Å². The molecule has 0 radical (unpaired) electrons. The number of carbonyl (C=O) groups is 2. The molecule has 0 aromatic heterocycles. The molecular formula is C24H21N3O6S. The molecule has 10 heteroatoms. The third-order valence-electron chi connectivity index (χ3n) is 4.75. The van der Waals surface area contributed by atoms with Crippen LogP contribution in [0.5, 0.6) is 5.75 Å². The van der Waals surface area contributed by atoms with Crippen molar-refractivity contribution in [3.63, 3.8) is 0 Å². The average molecular weight is 480 g/mol. The summed E-state index contributed by atoms with van der Waals surface area (Å²) in [4.78, 5) is 24.0. The van der Waals surface area contributed by atoms with Crippen LogP contribution in [0, 0.1) is 11.8 Å². The van der Waals surface area contributed by atoms with E-state index in [1.807, 2.05) is 0 Å². The highest BCUT2D eigenvalue weighted by Crippen LogP contribution is 2.30. The highest BCUT2D eigenvalue weighted by molar-refractivity contribution is 7.89. The molecule has 9 nitrogen and oxygen atoms in total. The molecule has 6 N–H and O–H groups in total. The normalized spacial score (nSPS) is 10.6. The van der Waals surface area contributed by atoms with Crippen LogP contribution in [0.15, 0.2) is 65.6 Å². The summed E-state index contributed by atoms with van der Waals surface area (Å²) in [6.07, 6.45) is 0. The zero-order valence-electron chi connectivity index (χ0n) is 18.1. The molecule has 0 atom stereocenters. The van der Waals surface area contributed by atoms with Crippen molar-refractivity contribution in [2.75, 3.05) is 19.5 Å². The maximum atomic E-state index is 12.2. The Morgan fingerprint density at radius 3 is 2.35 bits per heavy atom. The Morgan fingerprint density at radius 1 is 1.03 bits per heavy atom. The first-order chi connectivity index (χ1) is 16.1. The number of hydrogen-bond donors (Lipinski definition) is 3. The molecule has 0 unspecified atom stereocenters. The van der Waals surface area contributed by atoms with Gasteiger partial charge in [-0.2, -0.15) is 0 Å². The predicted molar refractivity (Wildman–Crippen MR) is 126 cm³/mol. The maximum Gasteiger partial charge on any atom is 0.339 e. The van der Waals surface area contributed by atoms with Gasteiger partial charge in [0.05, 0.1) is 28.8 Å². The fourth-order valence-electron chi connectivity index (χ4n) is 3.07. The number of carbonyl (C=O) groups excluding carboxylic acids is 2. The van der Waals surface area contributed by atoms with Crippen molar-refractivity contribution in [1.82, 2.24) is 0 Å². The smallest absolute Gasteiger partial charge is 0.339 e. The number of nitrogens with two attached hydrogens (primary N) is 3. The lowest BCUT2D eigenvalue weighted by Gasteiger charge is -2.11. The van der Waals surface area contributed by atoms with E-state index in [4.69, 9.17) is 26.1 Å². The number of rotatable bonds is 6. The quantitative estimate of drug-likeness (QED) is 0.276. The molecule has 3 aromatic carbocycles. The molecule has 0 heterocycles. The van der Waals surface area contributed by atoms with Crippen molar-refractivity contribution in [3.8, 4) is 28.7 Å². The molecule has 1 amide bonds. The summed E-state index contributed by atoms with van der Waals surface area (Å²) in [6.45, 7) is -0.204. The van der Waals surface area contributed by atoms with Gasteiger partial charge in [0.25, 0.3) is 5.91 Å². The van der Waals surface area contributed by atoms with Gasteiger partial charge in [0.2, 0.25) is 10.0 Å². The van der Waals surface area contributed by atoms with E-state index in [0.29, 0.717) is 28.0 Å². The lowest BCUT2D eigenvalue weighted by molar-refractivity contribution is 0.0556. The van der Waals surface area contributed by atoms with Crippen LogP contribution in [0.2, 0.25) is 0 Å². The van der Waals surface area contributed by atoms with Crippen molar-refractivity contribution in [2.24, 2.45) is 10.9 Å². The number of anilines is 1. The molecule has 0 aliphatic rings. The molecular weight excluding hydrogens is 458 g/mol. The Bertz CT molecular complexity index is 1420. The number of nitrogen functional groups attached to an aromatic ring is 1. The number of methoxy groups -OCH3 is 1. The first kappa shape index (κ1) is 24.3. The van der Waals surface area contributed by atoms with E-state index < -0.39 is 21.9 Å². The molecule has 174 valence electrons. The number of primary sulfonamides is 1. The van der Waals surface area contributed by atoms with Gasteiger partial charge in [-0.05, 0) is 48.0 Å². The van der Waals surface area contributed by atoms with Crippen LogP contribution in [0.25, 0.3) is 11.1 Å². The lowest BCUT2D eigenvalue weighted by Crippen LogP contribution is -2.14. The Hall–Kier alpha value is -4.33. The molecule has 34 heavy (non-hydrogen) atoms. The molecule has 0 saturated carbocycles. The van der Waals surface area contributed by atoms with Gasteiger partial charge in [-0.25, -0.2) is 18.4 Å². The Labute approximate surface area is 196 Å². The van der Waals surface area contributed by atoms with Gasteiger partial charge >= 0.3 is 5.97 Å². The van der Waals surface area contributed by atoms with Crippen molar-refractivity contribution in [3.05, 3.63) is 77.4 Å². The zero-order valence-corrected chi connectivity index (χ0v) is 18.9. The van der Waals surface area contributed by atoms with E-state index in [9.17, 15) is 18.0 Å². The summed E-state index contributed by atoms with van der Waals surface area (Å²) in [5, 5.41) is 5.13. The van der Waals surface area contributed by atoms with Gasteiger partial charge in [-0.15, -0.1) is 0 Å². The summed E-state index contributed by atoms with van der Waals surface area (Å²) in [6, 6.07) is 15.2. The number of sulfonamides is 1. The fourth-order valence-corrected chi connectivity index (χ4v) is 3.58. The molecule has 0 spiro atoms. The molecule has 0 aliphatic heterocycles. The van der Waals surface area contributed by atoms with Crippen molar-refractivity contribution in [2.45, 2.75) is 4.90 Å². The molecule has 3 rings (SSSR count). The van der Waals surface area contributed by atoms with Crippen molar-refractivity contribution < 1.29 is 27.5 Å². The van der Waals surface area contributed by atoms with Crippen LogP contribution >= 0.6 is 0 Å². The number of primary amides is 1. The van der Waals surface area contributed by atoms with Crippen LogP contribution in [-0.2, 0) is 14.8 Å². The molecule has 0 bridgehead atoms. The van der Waals surface area contributed by atoms with Crippen LogP contribution in [-0.4, -0.2) is 34.0 Å². The third kappa shape index (κ3) is 5.72. The van der Waals surface area contributed by atoms with Crippen LogP contribution in [0.3, 0.4) is 0 Å². The number of hydrogen-bond acceptors (Lipinski definition) is 7. The Kier molecular flexibility index (Phi) is 7.21. The van der Waals surface area contributed by atoms with Crippen LogP contribution in [0.1, 0.15) is 26.3 Å². The minimum atomic E-state index is -3.86. The van der Waals surface area contributed by atoms with Crippen molar-refractivity contribution >= 4 is 27.6 Å². The van der Waals surface area contributed by atoms with E-state index in [1.54, 1.807) is 30.3 Å². The molecule has 3 aromatic rings. The summed E-state index contributed by atoms with van der Waals surface area (Å²) < 4.78 is 33.2. The predicted octanol–water partition coefficient (Wildman–Crippen LogP) is 1.90. The van der Waals surface area contributed by atoms with E-state index in [-0.39, 0.29) is 22.8 Å². The first-order valence-corrected chi connectivity index (χ1v) is 11.3. The van der Waals surface area contributed by atoms with E-state index in [1.165, 1.54) is 37.4 Å². The number of esters is 1. The second-order valence-corrected chi connectivity index (χ2v) is 8.59. The second kappa shape index (κ2) is 10.1. The minimum absolute atomic E-state index is 0.0469. The van der Waals surface area contributed by atoms with Gasteiger partial charge in [0.1, 0.15) is 5.75 Å². The zero-order chi connectivity index (χ0) is 24.9. The highest BCUT2D eigenvalue weighted by atomic mass is 32.2. The summed E-state index contributed by atoms with van der Waals surface area (Å²) in [5.41, 5.74) is 13.4. The van der Waals surface area contributed by atoms with Gasteiger partial charge < -0.3 is 20.9 Å². The van der Waals surface area contributed by atoms with Crippen LogP contribution in [0.4, 0.5) is 5.69 Å². The minimum Gasteiger partial charge on any atom is -0.497 e. The maximum absolute atomic E-state index is 12.2. The van der Waals surface area contributed by atoms with E-state index >= 15 is 0 Å². The van der Waals surface area contributed by atoms with Crippen LogP contribution < -0.4 is 21.3 Å². The molecule has 0 aliphatic carbocycles. The van der Waals surface area contributed by atoms with Gasteiger partial charge in [0.15, 0.2) is 6.61 Å². The SMILES string of the molecule is COc1cccc(C(=O)OCC#Cc2cc(C(N)=O)c(N)c(-c3ccc(S(N)(=O)=O)cc3)c2)c1. The van der Waals surface area contributed by atoms with Crippen molar-refractivity contribution in [1.29, 1.82) is 0 Å². The lowest BCUT2D eigenvalue weighted by atomic mass is 9.97. The number of benzene rings is 3. The fraction of sp³-hybridized carbons (Fsp3) is 0.0833. The molecule has 0 fully saturated rings. The topological polar surface area (TPSA) is 165 Å². The van der Waals surface area contributed by atoms with E-state index in [2.05, 4.69) is 11.8 Å². The second-order valence-electron chi connectivity index (χ2n) is 7.03. The van der Waals surface area contributed by atoms with E-state index in [0.717, 1.165) is 0 Å². The summed E-state index contributed by atoms with van der Waals surface area (Å²) >= 11 is 0. The Morgan fingerprint density at radius 2 is 1.74 bits per heavy atom. The number of ether oxygens (including phenoxy) is 2. The van der Waals surface area contributed by atoms with Gasteiger partial charge in [-0.3, -0.25) is 4.79 Å². The highest BCUT2D eigenvalue weighted by Gasteiger charge is 2.15. The monoisotopic (exact) mass is 479 g/mol. The largest absolute Gasteiger partial charge is 0.497 e. The first-order valence-electron chi connectivity index (χ1n) is 9.76. The Balaban J connectivity index is 1.85. The standard InChI is InChI=1S/C24H21N3O6S/c1-32-18-6-2-5-17(14-18)24(29)33-11-3-4-15-12-20(22(25)21(13-15)23(26)28)16-7-9-19(10-8-16)34(27,30)31/h2,5-10,12-14H,11,25H2,1H3,(H2,26,28)(H2,27,30,31). The number of amides is 1. The summed E-state index contributed by atoms with van der Waals surface area (Å²) in [7, 11) is -2.37. The summed E-state index contributed by atoms with van der Waals surface area (Å²) in [5.74, 6) is 4.71. The average Bonchev–Trinajstić information content (AvgIpc) is 2.81. The van der Waals surface area contributed by atoms with Gasteiger partial charge in [0, 0.05) is 11.1 Å². The molecule has 0 saturated heterocycles.